The molecule has 0 aliphatic rings. The maximum Gasteiger partial charge on any atom is 0.128 e. The molecule has 3 aromatic rings. The first-order chi connectivity index (χ1) is 12.6. The molecule has 2 N–H and O–H groups in total. The molecule has 1 heterocycles. The fraction of sp³-hybridized carbons (Fsp3) is 0.0909. The van der Waals surface area contributed by atoms with Crippen molar-refractivity contribution in [1.82, 2.24) is 10.3 Å². The number of hydrogen-bond donors (Lipinski definition) is 2. The molecule has 0 atom stereocenters. The molecule has 3 nitrogen and oxygen atoms in total. The van der Waals surface area contributed by atoms with Gasteiger partial charge in [0.2, 0.25) is 0 Å². The molecule has 0 amide bonds. The molecular formula is C22H20FN3. The van der Waals surface area contributed by atoms with Crippen LogP contribution in [0.5, 0.6) is 0 Å². The number of hydrogen-bond acceptors (Lipinski definition) is 3. The highest BCUT2D eigenvalue weighted by molar-refractivity contribution is 6.08. The minimum Gasteiger partial charge on any atom is -0.380 e. The van der Waals surface area contributed by atoms with Crippen molar-refractivity contribution in [3.05, 3.63) is 107 Å². The van der Waals surface area contributed by atoms with Gasteiger partial charge in [-0.2, -0.15) is 0 Å². The fourth-order valence-electron chi connectivity index (χ4n) is 2.62. The number of aryl methyl sites for hydroxylation is 1. The van der Waals surface area contributed by atoms with E-state index in [-0.39, 0.29) is 5.82 Å². The van der Waals surface area contributed by atoms with Gasteiger partial charge in [0.15, 0.2) is 0 Å². The van der Waals surface area contributed by atoms with Crippen LogP contribution in [0.3, 0.4) is 0 Å². The zero-order chi connectivity index (χ0) is 18.4. The van der Waals surface area contributed by atoms with E-state index in [1.54, 1.807) is 30.5 Å². The predicted octanol–water partition coefficient (Wildman–Crippen LogP) is 4.73. The van der Waals surface area contributed by atoms with Gasteiger partial charge in [-0.3, -0.25) is 10.4 Å². The van der Waals surface area contributed by atoms with Crippen LogP contribution >= 0.6 is 0 Å². The summed E-state index contributed by atoms with van der Waals surface area (Å²) in [6, 6.07) is 20.1. The molecule has 1 aromatic heterocycles. The van der Waals surface area contributed by atoms with E-state index in [0.717, 1.165) is 16.8 Å². The zero-order valence-corrected chi connectivity index (χ0v) is 14.5. The molecule has 0 unspecified atom stereocenters. The number of benzene rings is 2. The van der Waals surface area contributed by atoms with Gasteiger partial charge in [-0.1, -0.05) is 48.0 Å². The van der Waals surface area contributed by atoms with Crippen LogP contribution in [-0.4, -0.2) is 10.7 Å². The third-order valence-corrected chi connectivity index (χ3v) is 3.99. The minimum atomic E-state index is -0.247. The lowest BCUT2D eigenvalue weighted by molar-refractivity contribution is 0.605. The molecule has 3 rings (SSSR count). The Hall–Kier alpha value is -3.27. The van der Waals surface area contributed by atoms with Gasteiger partial charge in [-0.15, -0.1) is 0 Å². The number of halogens is 1. The van der Waals surface area contributed by atoms with Gasteiger partial charge in [-0.25, -0.2) is 4.39 Å². The molecule has 0 fully saturated rings. The average Bonchev–Trinajstić information content (AvgIpc) is 2.67. The number of allylic oxidation sites excluding steroid dienone is 1. The Morgan fingerprint density at radius 3 is 2.62 bits per heavy atom. The summed E-state index contributed by atoms with van der Waals surface area (Å²) < 4.78 is 13.9. The molecule has 0 saturated carbocycles. The molecule has 2 aromatic carbocycles. The maximum absolute atomic E-state index is 13.9. The van der Waals surface area contributed by atoms with Gasteiger partial charge < -0.3 is 5.32 Å². The molecule has 0 aliphatic carbocycles. The Kier molecular flexibility index (Phi) is 5.54. The first-order valence-electron chi connectivity index (χ1n) is 8.39. The summed E-state index contributed by atoms with van der Waals surface area (Å²) in [5.74, 6) is -0.247. The molecule has 0 bridgehead atoms. The van der Waals surface area contributed by atoms with Crippen LogP contribution in [0.25, 0.3) is 5.70 Å². The van der Waals surface area contributed by atoms with Gasteiger partial charge >= 0.3 is 0 Å². The number of pyridine rings is 1. The summed E-state index contributed by atoms with van der Waals surface area (Å²) in [6.07, 6.45) is 3.40. The van der Waals surface area contributed by atoms with Crippen molar-refractivity contribution in [1.29, 1.82) is 5.41 Å². The minimum absolute atomic E-state index is 0.247. The molecule has 0 radical (unpaired) electrons. The molecule has 0 aliphatic heterocycles. The van der Waals surface area contributed by atoms with Gasteiger partial charge in [0.05, 0.1) is 11.4 Å². The topological polar surface area (TPSA) is 48.8 Å². The van der Waals surface area contributed by atoms with Crippen LogP contribution in [-0.2, 0) is 6.54 Å². The summed E-state index contributed by atoms with van der Waals surface area (Å²) in [5.41, 5.74) is 4.28. The normalized spacial score (nSPS) is 11.2. The van der Waals surface area contributed by atoms with E-state index in [2.05, 4.69) is 10.3 Å². The van der Waals surface area contributed by atoms with Crippen LogP contribution in [0, 0.1) is 18.2 Å². The first kappa shape index (κ1) is 17.5. The van der Waals surface area contributed by atoms with E-state index in [0.29, 0.717) is 23.5 Å². The number of nitrogens with zero attached hydrogens (tertiary/aromatic N) is 1. The number of rotatable bonds is 6. The quantitative estimate of drug-likeness (QED) is 0.635. The number of nitrogens with one attached hydrogen (secondary N) is 2. The zero-order valence-electron chi connectivity index (χ0n) is 14.5. The van der Waals surface area contributed by atoms with Gasteiger partial charge in [-0.05, 0) is 42.8 Å². The van der Waals surface area contributed by atoms with Crippen LogP contribution in [0.15, 0.2) is 79.0 Å². The van der Waals surface area contributed by atoms with Crippen LogP contribution in [0.2, 0.25) is 0 Å². The van der Waals surface area contributed by atoms with Crippen LogP contribution in [0.4, 0.5) is 4.39 Å². The SMILES string of the molecule is Cc1cccc(/C(=C/C(=N)c2ccccn2)NCc2ccccc2F)c1. The third-order valence-electron chi connectivity index (χ3n) is 3.99. The smallest absolute Gasteiger partial charge is 0.128 e. The van der Waals surface area contributed by atoms with Crippen molar-refractivity contribution in [3.8, 4) is 0 Å². The van der Waals surface area contributed by atoms with Crippen LogP contribution in [0.1, 0.15) is 22.4 Å². The van der Waals surface area contributed by atoms with Crippen molar-refractivity contribution in [2.24, 2.45) is 0 Å². The van der Waals surface area contributed by atoms with E-state index in [1.165, 1.54) is 6.07 Å². The summed E-state index contributed by atoms with van der Waals surface area (Å²) in [4.78, 5) is 4.22. The first-order valence-corrected chi connectivity index (χ1v) is 8.39. The lowest BCUT2D eigenvalue weighted by atomic mass is 10.1. The Morgan fingerprint density at radius 2 is 1.88 bits per heavy atom. The van der Waals surface area contributed by atoms with E-state index in [1.807, 2.05) is 49.4 Å². The Bertz CT molecular complexity index is 933. The van der Waals surface area contributed by atoms with Gasteiger partial charge in [0.1, 0.15) is 5.82 Å². The van der Waals surface area contributed by atoms with Crippen LogP contribution < -0.4 is 5.32 Å². The maximum atomic E-state index is 13.9. The highest BCUT2D eigenvalue weighted by Crippen LogP contribution is 2.16. The second-order valence-corrected chi connectivity index (χ2v) is 6.00. The lowest BCUT2D eigenvalue weighted by Gasteiger charge is -2.13. The monoisotopic (exact) mass is 345 g/mol. The van der Waals surface area contributed by atoms with E-state index >= 15 is 0 Å². The van der Waals surface area contributed by atoms with E-state index in [9.17, 15) is 4.39 Å². The van der Waals surface area contributed by atoms with Gasteiger partial charge in [0, 0.05) is 24.0 Å². The molecule has 4 heteroatoms. The Labute approximate surface area is 152 Å². The van der Waals surface area contributed by atoms with Crippen molar-refractivity contribution < 1.29 is 4.39 Å². The van der Waals surface area contributed by atoms with Crippen molar-refractivity contribution >= 4 is 11.4 Å². The second-order valence-electron chi connectivity index (χ2n) is 6.00. The average molecular weight is 345 g/mol. The summed E-state index contributed by atoms with van der Waals surface area (Å²) in [7, 11) is 0. The van der Waals surface area contributed by atoms with Crippen molar-refractivity contribution in [2.45, 2.75) is 13.5 Å². The van der Waals surface area contributed by atoms with Crippen molar-refractivity contribution in [2.75, 3.05) is 0 Å². The summed E-state index contributed by atoms with van der Waals surface area (Å²) in [6.45, 7) is 2.35. The molecule has 0 saturated heterocycles. The molecule has 26 heavy (non-hydrogen) atoms. The second kappa shape index (κ2) is 8.21. The van der Waals surface area contributed by atoms with E-state index in [4.69, 9.17) is 5.41 Å². The van der Waals surface area contributed by atoms with Crippen molar-refractivity contribution in [3.63, 3.8) is 0 Å². The largest absolute Gasteiger partial charge is 0.380 e. The Balaban J connectivity index is 1.90. The summed E-state index contributed by atoms with van der Waals surface area (Å²) >= 11 is 0. The molecule has 130 valence electrons. The highest BCUT2D eigenvalue weighted by atomic mass is 19.1. The van der Waals surface area contributed by atoms with Gasteiger partial charge in [0.25, 0.3) is 0 Å². The third kappa shape index (κ3) is 4.42. The summed E-state index contributed by atoms with van der Waals surface area (Å²) in [5, 5.41) is 11.6. The highest BCUT2D eigenvalue weighted by Gasteiger charge is 2.07. The molecular weight excluding hydrogens is 325 g/mol. The lowest BCUT2D eigenvalue weighted by Crippen LogP contribution is -2.15. The van der Waals surface area contributed by atoms with E-state index < -0.39 is 0 Å². The number of aromatic nitrogens is 1. The fourth-order valence-corrected chi connectivity index (χ4v) is 2.62. The Morgan fingerprint density at radius 1 is 1.08 bits per heavy atom. The predicted molar refractivity (Wildman–Crippen MR) is 103 cm³/mol. The molecule has 0 spiro atoms. The standard InChI is InChI=1S/C22H20FN3/c1-16-7-6-9-17(13-16)22(14-20(24)21-11-4-5-12-25-21)26-15-18-8-2-3-10-19(18)23/h2-14,24,26H,15H2,1H3/b22-14-,24-20?.